The maximum absolute atomic E-state index is 5.72. The van der Waals surface area contributed by atoms with Crippen molar-refractivity contribution in [3.05, 3.63) is 23.8 Å². The quantitative estimate of drug-likeness (QED) is 0.833. The van der Waals surface area contributed by atoms with Crippen LogP contribution in [-0.4, -0.2) is 33.0 Å². The second kappa shape index (κ2) is 7.50. The van der Waals surface area contributed by atoms with E-state index in [1.165, 1.54) is 5.56 Å². The van der Waals surface area contributed by atoms with Crippen LogP contribution < -0.4 is 14.8 Å². The third kappa shape index (κ3) is 4.39. The summed E-state index contributed by atoms with van der Waals surface area (Å²) in [6.45, 7) is 7.66. The van der Waals surface area contributed by atoms with E-state index >= 15 is 0 Å². The van der Waals surface area contributed by atoms with Gasteiger partial charge in [-0.3, -0.25) is 0 Å². The molecular weight excluding hydrogens is 254 g/mol. The predicted octanol–water partition coefficient (Wildman–Crippen LogP) is 2.61. The van der Waals surface area contributed by atoms with Crippen molar-refractivity contribution in [2.24, 2.45) is 5.92 Å². The van der Waals surface area contributed by atoms with Crippen LogP contribution in [0.25, 0.3) is 0 Å². The Morgan fingerprint density at radius 2 is 2.20 bits per heavy atom. The Hall–Kier alpha value is -1.26. The molecule has 0 bridgehead atoms. The highest BCUT2D eigenvalue weighted by Gasteiger charge is 2.14. The van der Waals surface area contributed by atoms with E-state index in [-0.39, 0.29) is 6.10 Å². The van der Waals surface area contributed by atoms with E-state index in [9.17, 15) is 0 Å². The van der Waals surface area contributed by atoms with Gasteiger partial charge in [-0.05, 0) is 43.9 Å². The Balaban J connectivity index is 1.87. The second-order valence-electron chi connectivity index (χ2n) is 5.51. The van der Waals surface area contributed by atoms with Crippen LogP contribution in [0.3, 0.4) is 0 Å². The fraction of sp³-hybridized carbons (Fsp3) is 0.625. The zero-order valence-corrected chi connectivity index (χ0v) is 12.6. The van der Waals surface area contributed by atoms with Crippen molar-refractivity contribution in [3.8, 4) is 11.5 Å². The van der Waals surface area contributed by atoms with Crippen LogP contribution in [0.2, 0.25) is 0 Å². The molecule has 1 atom stereocenters. The van der Waals surface area contributed by atoms with Crippen LogP contribution in [0, 0.1) is 5.92 Å². The molecule has 1 saturated heterocycles. The molecule has 1 aromatic rings. The summed E-state index contributed by atoms with van der Waals surface area (Å²) in [6, 6.07) is 6.10. The molecule has 4 nitrogen and oxygen atoms in total. The van der Waals surface area contributed by atoms with Gasteiger partial charge < -0.3 is 19.5 Å². The van der Waals surface area contributed by atoms with Crippen LogP contribution in [0.1, 0.15) is 25.8 Å². The van der Waals surface area contributed by atoms with Crippen LogP contribution in [0.15, 0.2) is 18.2 Å². The van der Waals surface area contributed by atoms with Gasteiger partial charge in [0, 0.05) is 19.7 Å². The number of ether oxygens (including phenoxy) is 3. The van der Waals surface area contributed by atoms with Crippen molar-refractivity contribution in [1.82, 2.24) is 5.32 Å². The summed E-state index contributed by atoms with van der Waals surface area (Å²) in [4.78, 5) is 0. The highest BCUT2D eigenvalue weighted by Crippen LogP contribution is 2.28. The molecule has 112 valence electrons. The van der Waals surface area contributed by atoms with Crippen LogP contribution in [0.5, 0.6) is 11.5 Å². The summed E-state index contributed by atoms with van der Waals surface area (Å²) in [6.07, 6.45) is 1.31. The number of nitrogens with one attached hydrogen (secondary N) is 1. The number of benzene rings is 1. The number of rotatable bonds is 7. The van der Waals surface area contributed by atoms with Gasteiger partial charge in [-0.25, -0.2) is 0 Å². The minimum atomic E-state index is 0.148. The molecule has 0 aromatic heterocycles. The maximum atomic E-state index is 5.72. The molecule has 1 N–H and O–H groups in total. The molecule has 0 amide bonds. The third-order valence-corrected chi connectivity index (χ3v) is 3.38. The van der Waals surface area contributed by atoms with Crippen molar-refractivity contribution in [1.29, 1.82) is 0 Å². The normalized spacial score (nSPS) is 18.5. The molecule has 0 aliphatic carbocycles. The maximum Gasteiger partial charge on any atom is 0.161 e. The van der Waals surface area contributed by atoms with E-state index in [0.29, 0.717) is 5.92 Å². The largest absolute Gasteiger partial charge is 0.493 e. The van der Waals surface area contributed by atoms with Crippen molar-refractivity contribution >= 4 is 0 Å². The van der Waals surface area contributed by atoms with Gasteiger partial charge in [0.1, 0.15) is 0 Å². The summed E-state index contributed by atoms with van der Waals surface area (Å²) in [5.74, 6) is 2.25. The molecular formula is C16H25NO3. The Kier molecular flexibility index (Phi) is 5.68. The monoisotopic (exact) mass is 279 g/mol. The summed E-state index contributed by atoms with van der Waals surface area (Å²) < 4.78 is 16.5. The average molecular weight is 279 g/mol. The van der Waals surface area contributed by atoms with Gasteiger partial charge in [-0.2, -0.15) is 0 Å². The van der Waals surface area contributed by atoms with E-state index in [1.807, 2.05) is 26.0 Å². The van der Waals surface area contributed by atoms with Crippen molar-refractivity contribution in [3.63, 3.8) is 0 Å². The highest BCUT2D eigenvalue weighted by molar-refractivity contribution is 5.43. The number of hydrogen-bond acceptors (Lipinski definition) is 4. The summed E-state index contributed by atoms with van der Waals surface area (Å²) in [7, 11) is 1.68. The zero-order chi connectivity index (χ0) is 14.4. The van der Waals surface area contributed by atoms with E-state index < -0.39 is 0 Å². The smallest absolute Gasteiger partial charge is 0.161 e. The number of hydrogen-bond donors (Lipinski definition) is 1. The van der Waals surface area contributed by atoms with E-state index in [4.69, 9.17) is 14.2 Å². The van der Waals surface area contributed by atoms with Gasteiger partial charge in [0.05, 0.1) is 19.8 Å². The lowest BCUT2D eigenvalue weighted by Crippen LogP contribution is -2.22. The topological polar surface area (TPSA) is 39.7 Å². The van der Waals surface area contributed by atoms with Gasteiger partial charge in [0.25, 0.3) is 0 Å². The van der Waals surface area contributed by atoms with E-state index in [0.717, 1.165) is 44.2 Å². The Morgan fingerprint density at radius 3 is 2.85 bits per heavy atom. The lowest BCUT2D eigenvalue weighted by atomic mass is 10.1. The molecule has 20 heavy (non-hydrogen) atoms. The minimum Gasteiger partial charge on any atom is -0.493 e. The molecule has 4 heteroatoms. The Morgan fingerprint density at radius 1 is 1.35 bits per heavy atom. The molecule has 1 heterocycles. The van der Waals surface area contributed by atoms with Crippen molar-refractivity contribution in [2.75, 3.05) is 26.9 Å². The fourth-order valence-electron chi connectivity index (χ4n) is 2.34. The fourth-order valence-corrected chi connectivity index (χ4v) is 2.34. The average Bonchev–Trinajstić information content (AvgIpc) is 2.93. The lowest BCUT2D eigenvalue weighted by Gasteiger charge is -2.15. The Labute approximate surface area is 121 Å². The van der Waals surface area contributed by atoms with Gasteiger partial charge in [0.15, 0.2) is 11.5 Å². The van der Waals surface area contributed by atoms with Gasteiger partial charge in [0.2, 0.25) is 0 Å². The van der Waals surface area contributed by atoms with E-state index in [2.05, 4.69) is 11.4 Å². The molecule has 1 aromatic carbocycles. The van der Waals surface area contributed by atoms with Gasteiger partial charge >= 0.3 is 0 Å². The van der Waals surface area contributed by atoms with Gasteiger partial charge in [-0.15, -0.1) is 0 Å². The minimum absolute atomic E-state index is 0.148. The molecule has 0 spiro atoms. The first-order valence-corrected chi connectivity index (χ1v) is 7.31. The molecule has 1 aliphatic heterocycles. The predicted molar refractivity (Wildman–Crippen MR) is 79.4 cm³/mol. The van der Waals surface area contributed by atoms with Crippen LogP contribution in [0.4, 0.5) is 0 Å². The first-order chi connectivity index (χ1) is 9.69. The molecule has 1 fully saturated rings. The molecule has 2 rings (SSSR count). The molecule has 1 aliphatic rings. The van der Waals surface area contributed by atoms with Crippen LogP contribution in [-0.2, 0) is 11.3 Å². The lowest BCUT2D eigenvalue weighted by molar-refractivity contribution is 0.185. The number of methoxy groups -OCH3 is 1. The van der Waals surface area contributed by atoms with Crippen molar-refractivity contribution in [2.45, 2.75) is 32.9 Å². The van der Waals surface area contributed by atoms with Crippen molar-refractivity contribution < 1.29 is 14.2 Å². The Bertz CT molecular complexity index is 414. The molecule has 1 unspecified atom stereocenters. The van der Waals surface area contributed by atoms with Gasteiger partial charge in [-0.1, -0.05) is 6.07 Å². The zero-order valence-electron chi connectivity index (χ0n) is 12.6. The summed E-state index contributed by atoms with van der Waals surface area (Å²) >= 11 is 0. The first kappa shape index (κ1) is 15.1. The van der Waals surface area contributed by atoms with E-state index in [1.54, 1.807) is 7.11 Å². The summed E-state index contributed by atoms with van der Waals surface area (Å²) in [5, 5.41) is 3.48. The highest BCUT2D eigenvalue weighted by atomic mass is 16.5. The first-order valence-electron chi connectivity index (χ1n) is 7.31. The SMILES string of the molecule is COc1cc(CNCC2CCOC2)ccc1OC(C)C. The third-order valence-electron chi connectivity index (χ3n) is 3.38. The van der Waals surface area contributed by atoms with Crippen LogP contribution >= 0.6 is 0 Å². The summed E-state index contributed by atoms with van der Waals surface area (Å²) in [5.41, 5.74) is 1.21. The molecule has 0 radical (unpaired) electrons. The second-order valence-corrected chi connectivity index (χ2v) is 5.51. The standard InChI is InChI=1S/C16H25NO3/c1-12(2)20-15-5-4-13(8-16(15)18-3)9-17-10-14-6-7-19-11-14/h4-5,8,12,14,17H,6-7,9-11H2,1-3H3. The molecule has 0 saturated carbocycles.